The van der Waals surface area contributed by atoms with Crippen molar-refractivity contribution in [3.8, 4) is 0 Å². The molecule has 0 saturated heterocycles. The number of rotatable bonds is 6. The van der Waals surface area contributed by atoms with Gasteiger partial charge in [0.2, 0.25) is 11.8 Å². The molecule has 8 heteroatoms. The zero-order chi connectivity index (χ0) is 25.9. The minimum Gasteiger partial charge on any atom is -0.478 e. The van der Waals surface area contributed by atoms with Gasteiger partial charge in [-0.1, -0.05) is 54.6 Å². The fourth-order valence-electron chi connectivity index (χ4n) is 4.93. The third-order valence-electron chi connectivity index (χ3n) is 6.47. The van der Waals surface area contributed by atoms with Crippen molar-refractivity contribution in [1.82, 2.24) is 0 Å². The Kier molecular flexibility index (Phi) is 6.98. The normalized spacial score (nSPS) is 23.5. The number of hydrogen-bond acceptors (Lipinski definition) is 5. The monoisotopic (exact) mass is 486 g/mol. The Morgan fingerprint density at radius 2 is 1.31 bits per heavy atom. The van der Waals surface area contributed by atoms with Crippen LogP contribution in [0.3, 0.4) is 0 Å². The lowest BCUT2D eigenvalue weighted by Crippen LogP contribution is -2.56. The van der Waals surface area contributed by atoms with Gasteiger partial charge in [0, 0.05) is 23.7 Å². The second kappa shape index (κ2) is 10.1. The van der Waals surface area contributed by atoms with Crippen LogP contribution in [0.4, 0.5) is 11.4 Å². The summed E-state index contributed by atoms with van der Waals surface area (Å²) in [5, 5.41) is 26.7. The number of carboxylic acids is 1. The molecule has 0 spiro atoms. The molecule has 4 N–H and O–H groups in total. The van der Waals surface area contributed by atoms with E-state index in [9.17, 15) is 29.4 Å². The van der Waals surface area contributed by atoms with Gasteiger partial charge in [0.1, 0.15) is 11.7 Å². The first-order chi connectivity index (χ1) is 17.2. The molecule has 1 saturated carbocycles. The van der Waals surface area contributed by atoms with E-state index in [1.165, 1.54) is 25.1 Å². The minimum absolute atomic E-state index is 0.125. The summed E-state index contributed by atoms with van der Waals surface area (Å²) in [6, 6.07) is 23.0. The number of carbonyl (C=O) groups is 4. The maximum atomic E-state index is 13.6. The van der Waals surface area contributed by atoms with E-state index < -0.39 is 53.3 Å². The number of aliphatic hydroxyl groups is 1. The molecule has 0 heterocycles. The van der Waals surface area contributed by atoms with Gasteiger partial charge in [0.15, 0.2) is 0 Å². The van der Waals surface area contributed by atoms with Crippen molar-refractivity contribution < 1.29 is 29.4 Å². The van der Waals surface area contributed by atoms with E-state index in [0.29, 0.717) is 11.4 Å². The summed E-state index contributed by atoms with van der Waals surface area (Å²) < 4.78 is 0. The lowest BCUT2D eigenvalue weighted by molar-refractivity contribution is -0.150. The number of carboxylic acid groups (broad SMARTS) is 1. The Morgan fingerprint density at radius 1 is 0.806 bits per heavy atom. The first kappa shape index (κ1) is 24.8. The number of anilines is 2. The Labute approximate surface area is 208 Å². The van der Waals surface area contributed by atoms with E-state index in [2.05, 4.69) is 10.6 Å². The van der Waals surface area contributed by atoms with E-state index in [1.54, 1.807) is 66.7 Å². The molecule has 4 unspecified atom stereocenters. The van der Waals surface area contributed by atoms with Crippen LogP contribution in [-0.2, 0) is 14.4 Å². The van der Waals surface area contributed by atoms with E-state index in [1.807, 2.05) is 0 Å². The van der Waals surface area contributed by atoms with Gasteiger partial charge in [-0.2, -0.15) is 0 Å². The summed E-state index contributed by atoms with van der Waals surface area (Å²) in [6.07, 6.45) is -0.446. The fraction of sp³-hybridized carbons (Fsp3) is 0.214. The lowest BCUT2D eigenvalue weighted by atomic mass is 9.60. The zero-order valence-electron chi connectivity index (χ0n) is 19.5. The highest BCUT2D eigenvalue weighted by Crippen LogP contribution is 2.47. The van der Waals surface area contributed by atoms with Crippen molar-refractivity contribution in [3.63, 3.8) is 0 Å². The quantitative estimate of drug-likeness (QED) is 0.393. The molecule has 0 radical (unpaired) electrons. The number of Topliss-reactive ketones (excluding diaryl/α,β-unsaturated/α-hetero) is 1. The summed E-state index contributed by atoms with van der Waals surface area (Å²) >= 11 is 0. The Bertz CT molecular complexity index is 1290. The van der Waals surface area contributed by atoms with Gasteiger partial charge in [-0.15, -0.1) is 0 Å². The molecule has 4 atom stereocenters. The summed E-state index contributed by atoms with van der Waals surface area (Å²) in [7, 11) is 0. The average molecular weight is 487 g/mol. The molecule has 8 nitrogen and oxygen atoms in total. The number of hydrogen-bond donors (Lipinski definition) is 4. The van der Waals surface area contributed by atoms with Crippen LogP contribution >= 0.6 is 0 Å². The van der Waals surface area contributed by atoms with Gasteiger partial charge in [0.25, 0.3) is 0 Å². The topological polar surface area (TPSA) is 133 Å². The third-order valence-corrected chi connectivity index (χ3v) is 6.47. The molecular weight excluding hydrogens is 460 g/mol. The Hall–Kier alpha value is -4.30. The van der Waals surface area contributed by atoms with E-state index >= 15 is 0 Å². The van der Waals surface area contributed by atoms with E-state index in [-0.39, 0.29) is 11.1 Å². The van der Waals surface area contributed by atoms with Crippen LogP contribution in [0.5, 0.6) is 0 Å². The molecule has 1 aliphatic rings. The maximum absolute atomic E-state index is 13.6. The van der Waals surface area contributed by atoms with Crippen LogP contribution in [0, 0.1) is 11.8 Å². The van der Waals surface area contributed by atoms with E-state index in [0.717, 1.165) is 0 Å². The molecule has 3 aromatic rings. The largest absolute Gasteiger partial charge is 0.478 e. The number of ketones is 1. The standard InChI is InChI=1S/C28H26N2O6/c1-28(36)16-21(31)23(25(32)29-17-10-4-2-5-11-17)22(19-14-8-9-15-20(19)27(34)35)24(28)26(33)30-18-12-6-3-7-13-18/h2-15,22-24,36H,16H2,1H3,(H,29,32)(H,30,33)(H,34,35). The van der Waals surface area contributed by atoms with E-state index in [4.69, 9.17) is 0 Å². The number of amides is 2. The average Bonchev–Trinajstić information content (AvgIpc) is 2.84. The Morgan fingerprint density at radius 3 is 1.86 bits per heavy atom. The molecule has 0 aliphatic heterocycles. The second-order valence-corrected chi connectivity index (χ2v) is 9.08. The van der Waals surface area contributed by atoms with Crippen molar-refractivity contribution in [3.05, 3.63) is 96.1 Å². The number of benzene rings is 3. The molecule has 2 amide bonds. The molecule has 184 valence electrons. The van der Waals surface area contributed by atoms with Crippen molar-refractivity contribution >= 4 is 34.9 Å². The summed E-state index contributed by atoms with van der Waals surface area (Å²) in [5.41, 5.74) is -0.952. The van der Waals surface area contributed by atoms with Gasteiger partial charge in [-0.3, -0.25) is 14.4 Å². The number of nitrogens with one attached hydrogen (secondary N) is 2. The fourth-order valence-corrected chi connectivity index (χ4v) is 4.93. The molecule has 3 aromatic carbocycles. The maximum Gasteiger partial charge on any atom is 0.335 e. The van der Waals surface area contributed by atoms with Crippen molar-refractivity contribution in [2.75, 3.05) is 10.6 Å². The first-order valence-corrected chi connectivity index (χ1v) is 11.5. The Balaban J connectivity index is 1.84. The SMILES string of the molecule is CC1(O)CC(=O)C(C(=O)Nc2ccccc2)C(c2ccccc2C(=O)O)C1C(=O)Nc1ccccc1. The number of para-hydroxylation sites is 2. The molecule has 4 rings (SSSR count). The predicted octanol–water partition coefficient (Wildman–Crippen LogP) is 3.70. The smallest absolute Gasteiger partial charge is 0.335 e. The zero-order valence-corrected chi connectivity index (χ0v) is 19.5. The van der Waals surface area contributed by atoms with Crippen LogP contribution in [0.25, 0.3) is 0 Å². The van der Waals surface area contributed by atoms with Crippen LogP contribution < -0.4 is 10.6 Å². The summed E-state index contributed by atoms with van der Waals surface area (Å²) in [6.45, 7) is 1.36. The molecule has 36 heavy (non-hydrogen) atoms. The van der Waals surface area contributed by atoms with Crippen LogP contribution in [0.15, 0.2) is 84.9 Å². The van der Waals surface area contributed by atoms with Gasteiger partial charge >= 0.3 is 5.97 Å². The van der Waals surface area contributed by atoms with Gasteiger partial charge < -0.3 is 20.8 Å². The second-order valence-electron chi connectivity index (χ2n) is 9.08. The van der Waals surface area contributed by atoms with Crippen LogP contribution in [0.2, 0.25) is 0 Å². The molecular formula is C28H26N2O6. The van der Waals surface area contributed by atoms with Gasteiger partial charge in [-0.25, -0.2) is 4.79 Å². The number of aromatic carboxylic acids is 1. The predicted molar refractivity (Wildman–Crippen MR) is 134 cm³/mol. The van der Waals surface area contributed by atoms with Gasteiger partial charge in [0.05, 0.1) is 17.1 Å². The molecule has 0 aromatic heterocycles. The highest BCUT2D eigenvalue weighted by Gasteiger charge is 2.56. The highest BCUT2D eigenvalue weighted by atomic mass is 16.4. The summed E-state index contributed by atoms with van der Waals surface area (Å²) in [4.78, 5) is 52.5. The number of carbonyl (C=O) groups excluding carboxylic acids is 3. The van der Waals surface area contributed by atoms with Crippen molar-refractivity contribution in [1.29, 1.82) is 0 Å². The lowest BCUT2D eigenvalue weighted by Gasteiger charge is -2.44. The van der Waals surface area contributed by atoms with Crippen molar-refractivity contribution in [2.45, 2.75) is 24.9 Å². The third kappa shape index (κ3) is 5.04. The highest BCUT2D eigenvalue weighted by molar-refractivity contribution is 6.11. The first-order valence-electron chi connectivity index (χ1n) is 11.5. The molecule has 0 bridgehead atoms. The van der Waals surface area contributed by atoms with Crippen molar-refractivity contribution in [2.24, 2.45) is 11.8 Å². The summed E-state index contributed by atoms with van der Waals surface area (Å²) in [5.74, 6) is -7.10. The van der Waals surface area contributed by atoms with Crippen LogP contribution in [-0.4, -0.2) is 39.4 Å². The van der Waals surface area contributed by atoms with Crippen LogP contribution in [0.1, 0.15) is 35.2 Å². The van der Waals surface area contributed by atoms with Gasteiger partial charge in [-0.05, 0) is 42.8 Å². The molecule has 1 aliphatic carbocycles. The minimum atomic E-state index is -1.84. The molecule has 1 fully saturated rings.